The Morgan fingerprint density at radius 3 is 1.85 bits per heavy atom. The van der Waals surface area contributed by atoms with Crippen LogP contribution in [0.4, 0.5) is 0 Å². The van der Waals surface area contributed by atoms with Crippen LogP contribution in [0, 0.1) is 0 Å². The van der Waals surface area contributed by atoms with Crippen molar-refractivity contribution in [3.05, 3.63) is 84.9 Å². The lowest BCUT2D eigenvalue weighted by Gasteiger charge is -2.43. The molecule has 2 fully saturated rings. The number of ether oxygens (including phenoxy) is 2. The summed E-state index contributed by atoms with van der Waals surface area (Å²) in [5.41, 5.74) is -0.141. The van der Waals surface area contributed by atoms with Crippen LogP contribution in [-0.2, 0) is 33.0 Å². The van der Waals surface area contributed by atoms with Crippen LogP contribution in [-0.4, -0.2) is 65.4 Å². The summed E-state index contributed by atoms with van der Waals surface area (Å²) in [4.78, 5) is 0.293. The summed E-state index contributed by atoms with van der Waals surface area (Å²) in [7, 11) is -6.79. The first-order valence-corrected chi connectivity index (χ1v) is 23.5. The molecule has 0 aliphatic carbocycles. The molecule has 0 bridgehead atoms. The molecule has 0 amide bonds. The van der Waals surface area contributed by atoms with Crippen LogP contribution in [0.2, 0.25) is 5.04 Å². The van der Waals surface area contributed by atoms with Crippen molar-refractivity contribution in [3.8, 4) is 0 Å². The Kier molecular flexibility index (Phi) is 13.8. The van der Waals surface area contributed by atoms with E-state index in [2.05, 4.69) is 81.4 Å². The second kappa shape index (κ2) is 17.5. The summed E-state index contributed by atoms with van der Waals surface area (Å²) in [5, 5.41) is 2.54. The van der Waals surface area contributed by atoms with Gasteiger partial charge in [0, 0.05) is 13.2 Å². The monoisotopic (exact) mass is 776 g/mol. The third kappa shape index (κ3) is 9.62. The molecule has 10 heteroatoms. The lowest BCUT2D eigenvalue weighted by Crippen LogP contribution is -2.66. The topological polar surface area (TPSA) is 80.3 Å². The lowest BCUT2D eigenvalue weighted by molar-refractivity contribution is -0.191. The van der Waals surface area contributed by atoms with Crippen LogP contribution in [0.5, 0.6) is 0 Å². The van der Waals surface area contributed by atoms with Crippen LogP contribution in [0.3, 0.4) is 0 Å². The highest BCUT2D eigenvalue weighted by Crippen LogP contribution is 2.38. The van der Waals surface area contributed by atoms with Crippen molar-refractivity contribution < 1.29 is 31.6 Å². The Labute approximate surface area is 328 Å². The van der Waals surface area contributed by atoms with E-state index < -0.39 is 41.2 Å². The largest absolute Gasteiger partial charge is 0.494 e. The van der Waals surface area contributed by atoms with Crippen molar-refractivity contribution in [2.45, 2.75) is 158 Å². The molecule has 0 spiro atoms. The van der Waals surface area contributed by atoms with E-state index in [4.69, 9.17) is 23.2 Å². The first-order chi connectivity index (χ1) is 25.4. The van der Waals surface area contributed by atoms with E-state index in [0.717, 1.165) is 56.8 Å². The maximum absolute atomic E-state index is 14.2. The molecule has 2 heterocycles. The third-order valence-electron chi connectivity index (χ3n) is 11.8. The van der Waals surface area contributed by atoms with Gasteiger partial charge in [-0.2, -0.15) is 0 Å². The zero-order valence-corrected chi connectivity index (χ0v) is 36.2. The Morgan fingerprint density at radius 2 is 1.33 bits per heavy atom. The van der Waals surface area contributed by atoms with Gasteiger partial charge in [-0.3, -0.25) is 0 Å². The molecule has 7 nitrogen and oxygen atoms in total. The Bertz CT molecular complexity index is 1660. The van der Waals surface area contributed by atoms with Gasteiger partial charge in [-0.1, -0.05) is 113 Å². The molecule has 0 N–H and O–H groups in total. The minimum atomic E-state index is -3.69. The van der Waals surface area contributed by atoms with E-state index in [1.807, 2.05) is 53.7 Å². The molecule has 54 heavy (non-hydrogen) atoms. The highest BCUT2D eigenvalue weighted by Gasteiger charge is 2.52. The first kappa shape index (κ1) is 42.8. The predicted molar refractivity (Wildman–Crippen MR) is 223 cm³/mol. The van der Waals surface area contributed by atoms with Crippen molar-refractivity contribution >= 4 is 41.1 Å². The van der Waals surface area contributed by atoms with Crippen molar-refractivity contribution in [3.63, 3.8) is 0 Å². The summed E-state index contributed by atoms with van der Waals surface area (Å²) < 4.78 is 59.3. The van der Waals surface area contributed by atoms with Gasteiger partial charge >= 0.3 is 7.12 Å². The van der Waals surface area contributed by atoms with Crippen molar-refractivity contribution in [2.75, 3.05) is 13.2 Å². The Balaban J connectivity index is 1.20. The highest BCUT2D eigenvalue weighted by molar-refractivity contribution is 7.92. The highest BCUT2D eigenvalue weighted by atomic mass is 32.2. The average Bonchev–Trinajstić information content (AvgIpc) is 3.35. The van der Waals surface area contributed by atoms with E-state index >= 15 is 0 Å². The number of rotatable bonds is 17. The minimum Gasteiger partial charge on any atom is -0.407 e. The standard InChI is InChI=1S/C44H65BO7SSi/c1-41(2,3)54(38-23-15-12-16-24-38,39-25-17-13-18-26-39)49-33-20-11-10-14-22-36(50-40-27-19-21-32-48-40)34-42(4,5)53(46,47)37-30-28-35(29-31-37)45-51-43(6,7)44(8,9)52-45/h12-13,15-18,23-26,28-31,36,40H,10-11,14,19-22,27,32-34H2,1-9H3. The fourth-order valence-corrected chi connectivity index (χ4v) is 14.0. The molecular weight excluding hydrogens is 711 g/mol. The molecule has 2 unspecified atom stereocenters. The van der Waals surface area contributed by atoms with E-state index in [1.54, 1.807) is 12.1 Å². The van der Waals surface area contributed by atoms with Crippen molar-refractivity contribution in [1.29, 1.82) is 0 Å². The SMILES string of the molecule is CC1(C)OB(c2ccc(S(=O)(=O)C(C)(C)CC(CCCCCCO[Si](c3ccccc3)(c3ccccc3)C(C)(C)C)OC3CCCCO3)cc2)OC1(C)C. The van der Waals surface area contributed by atoms with E-state index in [0.29, 0.717) is 24.5 Å². The third-order valence-corrected chi connectivity index (χ3v) is 19.4. The molecule has 3 aromatic carbocycles. The smallest absolute Gasteiger partial charge is 0.407 e. The van der Waals surface area contributed by atoms with Gasteiger partial charge in [0.15, 0.2) is 16.1 Å². The van der Waals surface area contributed by atoms with Gasteiger partial charge in [0.05, 0.1) is 26.9 Å². The maximum Gasteiger partial charge on any atom is 0.494 e. The maximum atomic E-state index is 14.2. The van der Waals surface area contributed by atoms with Crippen molar-refractivity contribution in [2.24, 2.45) is 0 Å². The lowest BCUT2D eigenvalue weighted by atomic mass is 9.79. The minimum absolute atomic E-state index is 0.0518. The predicted octanol–water partition coefficient (Wildman–Crippen LogP) is 8.37. The first-order valence-electron chi connectivity index (χ1n) is 20.1. The van der Waals surface area contributed by atoms with Crippen LogP contribution < -0.4 is 15.8 Å². The number of hydrogen-bond donors (Lipinski definition) is 0. The second-order valence-electron chi connectivity index (χ2n) is 17.9. The van der Waals surface area contributed by atoms with Gasteiger partial charge < -0.3 is 23.2 Å². The van der Waals surface area contributed by atoms with E-state index in [9.17, 15) is 8.42 Å². The molecule has 0 saturated carbocycles. The quantitative estimate of drug-likeness (QED) is 0.101. The zero-order valence-electron chi connectivity index (χ0n) is 34.4. The fraction of sp³-hybridized carbons (Fsp3) is 0.591. The summed E-state index contributed by atoms with van der Waals surface area (Å²) in [5.74, 6) is 0. The van der Waals surface area contributed by atoms with Gasteiger partial charge in [-0.25, -0.2) is 8.42 Å². The van der Waals surface area contributed by atoms with E-state index in [1.165, 1.54) is 10.4 Å². The van der Waals surface area contributed by atoms with Crippen LogP contribution >= 0.6 is 0 Å². The number of hydrogen-bond acceptors (Lipinski definition) is 7. The zero-order chi connectivity index (χ0) is 39.3. The second-order valence-corrected chi connectivity index (χ2v) is 24.8. The number of benzene rings is 3. The molecule has 5 rings (SSSR count). The Hall–Kier alpha value is -2.31. The molecular formula is C44H65BO7SSi. The Morgan fingerprint density at radius 1 is 0.778 bits per heavy atom. The van der Waals surface area contributed by atoms with Crippen LogP contribution in [0.15, 0.2) is 89.8 Å². The van der Waals surface area contributed by atoms with Gasteiger partial charge in [0.2, 0.25) is 0 Å². The average molecular weight is 777 g/mol. The van der Waals surface area contributed by atoms with Gasteiger partial charge in [-0.15, -0.1) is 0 Å². The molecule has 2 atom stereocenters. The molecule has 296 valence electrons. The molecule has 0 aromatic heterocycles. The number of sulfone groups is 1. The summed E-state index contributed by atoms with van der Waals surface area (Å²) in [6.45, 7) is 20.0. The van der Waals surface area contributed by atoms with Gasteiger partial charge in [-0.05, 0) is 113 Å². The molecule has 2 aliphatic rings. The van der Waals surface area contributed by atoms with E-state index in [-0.39, 0.29) is 17.4 Å². The summed E-state index contributed by atoms with van der Waals surface area (Å²) >= 11 is 0. The molecule has 2 saturated heterocycles. The molecule has 3 aromatic rings. The normalized spacial score (nSPS) is 19.9. The summed E-state index contributed by atoms with van der Waals surface area (Å²) in [6, 6.07) is 28.6. The number of unbranched alkanes of at least 4 members (excludes halogenated alkanes) is 3. The van der Waals surface area contributed by atoms with Crippen molar-refractivity contribution in [1.82, 2.24) is 0 Å². The summed E-state index contributed by atoms with van der Waals surface area (Å²) in [6.07, 6.45) is 7.49. The van der Waals surface area contributed by atoms with Crippen LogP contribution in [0.25, 0.3) is 0 Å². The van der Waals surface area contributed by atoms with Crippen LogP contribution in [0.1, 0.15) is 120 Å². The molecule has 2 aliphatic heterocycles. The fourth-order valence-electron chi connectivity index (χ4n) is 7.83. The van der Waals surface area contributed by atoms with Gasteiger partial charge in [0.1, 0.15) is 0 Å². The van der Waals surface area contributed by atoms with Gasteiger partial charge in [0.25, 0.3) is 8.32 Å². The molecule has 0 radical (unpaired) electrons.